The summed E-state index contributed by atoms with van der Waals surface area (Å²) in [6.07, 6.45) is 3.42. The minimum absolute atomic E-state index is 0.209. The second kappa shape index (κ2) is 7.23. The van der Waals surface area contributed by atoms with Gasteiger partial charge in [0.1, 0.15) is 18.1 Å². The SMILES string of the molecule is COc1ccc(S(=O)(=O)NCCOc2ccc3c(c2)CCC3)cc1. The molecule has 1 aliphatic rings. The highest BCUT2D eigenvalue weighted by Crippen LogP contribution is 2.25. The van der Waals surface area contributed by atoms with Crippen molar-refractivity contribution in [3.05, 3.63) is 53.6 Å². The van der Waals surface area contributed by atoms with Gasteiger partial charge in [-0.25, -0.2) is 13.1 Å². The van der Waals surface area contributed by atoms with Gasteiger partial charge in [0, 0.05) is 6.54 Å². The maximum absolute atomic E-state index is 12.2. The molecule has 0 unspecified atom stereocenters. The first-order valence-electron chi connectivity index (χ1n) is 7.97. The van der Waals surface area contributed by atoms with E-state index >= 15 is 0 Å². The van der Waals surface area contributed by atoms with Crippen LogP contribution < -0.4 is 14.2 Å². The number of sulfonamides is 1. The molecular weight excluding hydrogens is 326 g/mol. The van der Waals surface area contributed by atoms with E-state index < -0.39 is 10.0 Å². The molecule has 24 heavy (non-hydrogen) atoms. The first kappa shape index (κ1) is 16.8. The highest BCUT2D eigenvalue weighted by atomic mass is 32.2. The summed E-state index contributed by atoms with van der Waals surface area (Å²) in [5, 5.41) is 0. The fourth-order valence-corrected chi connectivity index (χ4v) is 3.83. The summed E-state index contributed by atoms with van der Waals surface area (Å²) in [5.41, 5.74) is 2.73. The molecule has 0 radical (unpaired) electrons. The minimum atomic E-state index is -3.53. The van der Waals surface area contributed by atoms with Gasteiger partial charge in [-0.15, -0.1) is 0 Å². The Bertz CT molecular complexity index is 800. The zero-order valence-electron chi connectivity index (χ0n) is 13.6. The first-order valence-corrected chi connectivity index (χ1v) is 9.45. The van der Waals surface area contributed by atoms with Crippen LogP contribution in [0.15, 0.2) is 47.4 Å². The van der Waals surface area contributed by atoms with Crippen LogP contribution in [0.3, 0.4) is 0 Å². The monoisotopic (exact) mass is 347 g/mol. The molecule has 6 heteroatoms. The average Bonchev–Trinajstić information content (AvgIpc) is 3.06. The van der Waals surface area contributed by atoms with E-state index in [9.17, 15) is 8.42 Å². The van der Waals surface area contributed by atoms with Gasteiger partial charge in [-0.1, -0.05) is 6.07 Å². The number of ether oxygens (including phenoxy) is 2. The smallest absolute Gasteiger partial charge is 0.240 e. The molecule has 0 amide bonds. The van der Waals surface area contributed by atoms with Crippen LogP contribution in [0.25, 0.3) is 0 Å². The summed E-state index contributed by atoms with van der Waals surface area (Å²) in [6, 6.07) is 12.4. The number of hydrogen-bond acceptors (Lipinski definition) is 4. The molecule has 2 aromatic rings. The fourth-order valence-electron chi connectivity index (χ4n) is 2.82. The lowest BCUT2D eigenvalue weighted by molar-refractivity contribution is 0.322. The van der Waals surface area contributed by atoms with Crippen molar-refractivity contribution in [1.82, 2.24) is 4.72 Å². The normalized spacial score (nSPS) is 13.5. The fraction of sp³-hybridized carbons (Fsp3) is 0.333. The third-order valence-electron chi connectivity index (χ3n) is 4.10. The van der Waals surface area contributed by atoms with Crippen molar-refractivity contribution in [1.29, 1.82) is 0 Å². The summed E-state index contributed by atoms with van der Waals surface area (Å²) >= 11 is 0. The van der Waals surface area contributed by atoms with Crippen molar-refractivity contribution < 1.29 is 17.9 Å². The average molecular weight is 347 g/mol. The molecule has 0 bridgehead atoms. The molecule has 0 heterocycles. The second-order valence-electron chi connectivity index (χ2n) is 5.71. The van der Waals surface area contributed by atoms with Gasteiger partial charge in [0.05, 0.1) is 12.0 Å². The Morgan fingerprint density at radius 1 is 1.00 bits per heavy atom. The lowest BCUT2D eigenvalue weighted by Crippen LogP contribution is -2.28. The molecular formula is C18H21NO4S. The molecule has 0 atom stereocenters. The Hall–Kier alpha value is -2.05. The van der Waals surface area contributed by atoms with Crippen molar-refractivity contribution in [3.63, 3.8) is 0 Å². The van der Waals surface area contributed by atoms with E-state index in [0.717, 1.165) is 18.6 Å². The molecule has 0 aromatic heterocycles. The Labute approximate surface area is 142 Å². The third-order valence-corrected chi connectivity index (χ3v) is 5.58. The van der Waals surface area contributed by atoms with Crippen molar-refractivity contribution in [3.8, 4) is 11.5 Å². The molecule has 1 aliphatic carbocycles. The molecule has 0 spiro atoms. The van der Waals surface area contributed by atoms with Crippen LogP contribution in [0, 0.1) is 0 Å². The van der Waals surface area contributed by atoms with E-state index in [1.807, 2.05) is 6.07 Å². The predicted octanol–water partition coefficient (Wildman–Crippen LogP) is 2.54. The Kier molecular flexibility index (Phi) is 5.06. The second-order valence-corrected chi connectivity index (χ2v) is 7.47. The van der Waals surface area contributed by atoms with Crippen LogP contribution in [0.2, 0.25) is 0 Å². The highest BCUT2D eigenvalue weighted by molar-refractivity contribution is 7.89. The number of aryl methyl sites for hydroxylation is 2. The van der Waals surface area contributed by atoms with Crippen LogP contribution in [0.4, 0.5) is 0 Å². The van der Waals surface area contributed by atoms with Crippen molar-refractivity contribution in [2.75, 3.05) is 20.3 Å². The van der Waals surface area contributed by atoms with E-state index in [2.05, 4.69) is 16.9 Å². The van der Waals surface area contributed by atoms with Crippen LogP contribution >= 0.6 is 0 Å². The van der Waals surface area contributed by atoms with Crippen LogP contribution in [-0.2, 0) is 22.9 Å². The van der Waals surface area contributed by atoms with Crippen molar-refractivity contribution in [2.24, 2.45) is 0 Å². The standard InChI is InChI=1S/C18H21NO4S/c1-22-16-7-9-18(10-8-16)24(20,21)19-11-12-23-17-6-5-14-3-2-4-15(14)13-17/h5-10,13,19H,2-4,11-12H2,1H3. The summed E-state index contributed by atoms with van der Waals surface area (Å²) in [7, 11) is -2.00. The summed E-state index contributed by atoms with van der Waals surface area (Å²) < 4.78 is 37.6. The van der Waals surface area contributed by atoms with Gasteiger partial charge < -0.3 is 9.47 Å². The van der Waals surface area contributed by atoms with Crippen molar-refractivity contribution in [2.45, 2.75) is 24.2 Å². The first-order chi connectivity index (χ1) is 11.6. The number of benzene rings is 2. The molecule has 0 fully saturated rings. The lowest BCUT2D eigenvalue weighted by atomic mass is 10.1. The molecule has 0 saturated carbocycles. The Morgan fingerprint density at radius 2 is 1.71 bits per heavy atom. The molecule has 3 rings (SSSR count). The largest absolute Gasteiger partial charge is 0.497 e. The van der Waals surface area contributed by atoms with Gasteiger partial charge in [-0.05, 0) is 66.8 Å². The van der Waals surface area contributed by atoms with Gasteiger partial charge in [0.2, 0.25) is 10.0 Å². The molecule has 0 aliphatic heterocycles. The van der Waals surface area contributed by atoms with Crippen LogP contribution in [-0.4, -0.2) is 28.7 Å². The van der Waals surface area contributed by atoms with Crippen LogP contribution in [0.5, 0.6) is 11.5 Å². The topological polar surface area (TPSA) is 64.6 Å². The lowest BCUT2D eigenvalue weighted by Gasteiger charge is -2.10. The summed E-state index contributed by atoms with van der Waals surface area (Å²) in [5.74, 6) is 1.41. The number of methoxy groups -OCH3 is 1. The minimum Gasteiger partial charge on any atom is -0.497 e. The third kappa shape index (κ3) is 3.88. The van der Waals surface area contributed by atoms with Gasteiger partial charge in [0.25, 0.3) is 0 Å². The van der Waals surface area contributed by atoms with Crippen LogP contribution in [0.1, 0.15) is 17.5 Å². The van der Waals surface area contributed by atoms with E-state index in [-0.39, 0.29) is 18.0 Å². The highest BCUT2D eigenvalue weighted by Gasteiger charge is 2.14. The van der Waals surface area contributed by atoms with E-state index in [4.69, 9.17) is 9.47 Å². The number of fused-ring (bicyclic) bond motifs is 1. The number of rotatable bonds is 7. The molecule has 1 N–H and O–H groups in total. The Morgan fingerprint density at radius 3 is 2.46 bits per heavy atom. The van der Waals surface area contributed by atoms with Gasteiger partial charge in [-0.2, -0.15) is 0 Å². The number of nitrogens with one attached hydrogen (secondary N) is 1. The van der Waals surface area contributed by atoms with E-state index in [1.165, 1.54) is 36.8 Å². The van der Waals surface area contributed by atoms with Crippen molar-refractivity contribution >= 4 is 10.0 Å². The van der Waals surface area contributed by atoms with Gasteiger partial charge in [0.15, 0.2) is 0 Å². The Balaban J connectivity index is 1.51. The maximum atomic E-state index is 12.2. The molecule has 0 saturated heterocycles. The summed E-state index contributed by atoms with van der Waals surface area (Å²) in [6.45, 7) is 0.500. The van der Waals surface area contributed by atoms with E-state index in [0.29, 0.717) is 5.75 Å². The zero-order chi connectivity index (χ0) is 17.0. The number of hydrogen-bond donors (Lipinski definition) is 1. The molecule has 2 aromatic carbocycles. The molecule has 5 nitrogen and oxygen atoms in total. The summed E-state index contributed by atoms with van der Waals surface area (Å²) in [4.78, 5) is 0.209. The quantitative estimate of drug-likeness (QED) is 0.782. The zero-order valence-corrected chi connectivity index (χ0v) is 14.4. The van der Waals surface area contributed by atoms with Gasteiger partial charge in [-0.3, -0.25) is 0 Å². The van der Waals surface area contributed by atoms with E-state index in [1.54, 1.807) is 12.1 Å². The van der Waals surface area contributed by atoms with Gasteiger partial charge >= 0.3 is 0 Å². The molecule has 128 valence electrons. The predicted molar refractivity (Wildman–Crippen MR) is 92.1 cm³/mol. The maximum Gasteiger partial charge on any atom is 0.240 e.